The van der Waals surface area contributed by atoms with E-state index in [9.17, 15) is 9.18 Å². The number of nitrogens with zero attached hydrogens (tertiary/aromatic N) is 2. The number of anilines is 1. The number of halogens is 1. The molecule has 1 fully saturated rings. The molecule has 0 N–H and O–H groups in total. The zero-order valence-corrected chi connectivity index (χ0v) is 7.90. The minimum Gasteiger partial charge on any atom is -0.294 e. The van der Waals surface area contributed by atoms with Gasteiger partial charge >= 0.3 is 0 Å². The molecule has 74 valence electrons. The SMILES string of the molecule is CC1CCC(=O)N1c1ccc(F)cn1. The number of carbonyl (C=O) groups excluding carboxylic acids is 1. The Balaban J connectivity index is 2.30. The number of hydrogen-bond donors (Lipinski definition) is 0. The van der Waals surface area contributed by atoms with Crippen LogP contribution in [0.5, 0.6) is 0 Å². The predicted octanol–water partition coefficient (Wildman–Crippen LogP) is 1.74. The average molecular weight is 194 g/mol. The van der Waals surface area contributed by atoms with Crippen molar-refractivity contribution in [2.45, 2.75) is 25.8 Å². The fourth-order valence-corrected chi connectivity index (χ4v) is 1.69. The summed E-state index contributed by atoms with van der Waals surface area (Å²) in [5.41, 5.74) is 0. The molecule has 2 heterocycles. The first-order valence-corrected chi connectivity index (χ1v) is 4.62. The summed E-state index contributed by atoms with van der Waals surface area (Å²) in [6.07, 6.45) is 2.53. The van der Waals surface area contributed by atoms with Gasteiger partial charge in [-0.2, -0.15) is 0 Å². The predicted molar refractivity (Wildman–Crippen MR) is 50.4 cm³/mol. The van der Waals surface area contributed by atoms with Crippen LogP contribution in [0.15, 0.2) is 18.3 Å². The number of amides is 1. The summed E-state index contributed by atoms with van der Waals surface area (Å²) < 4.78 is 12.6. The first-order valence-electron chi connectivity index (χ1n) is 4.62. The van der Waals surface area contributed by atoms with Crippen LogP contribution in [0.4, 0.5) is 10.2 Å². The molecule has 1 atom stereocenters. The first-order chi connectivity index (χ1) is 6.68. The molecule has 1 saturated heterocycles. The van der Waals surface area contributed by atoms with Crippen molar-refractivity contribution >= 4 is 11.7 Å². The number of aromatic nitrogens is 1. The molecule has 0 radical (unpaired) electrons. The Morgan fingerprint density at radius 1 is 1.57 bits per heavy atom. The number of pyridine rings is 1. The maximum atomic E-state index is 12.6. The summed E-state index contributed by atoms with van der Waals surface area (Å²) in [5, 5.41) is 0. The van der Waals surface area contributed by atoms with E-state index in [1.165, 1.54) is 12.1 Å². The highest BCUT2D eigenvalue weighted by molar-refractivity contribution is 5.95. The summed E-state index contributed by atoms with van der Waals surface area (Å²) in [4.78, 5) is 17.0. The lowest BCUT2D eigenvalue weighted by atomic mass is 10.2. The van der Waals surface area contributed by atoms with Crippen molar-refractivity contribution < 1.29 is 9.18 Å². The van der Waals surface area contributed by atoms with Crippen molar-refractivity contribution in [3.63, 3.8) is 0 Å². The number of carbonyl (C=O) groups is 1. The van der Waals surface area contributed by atoms with Gasteiger partial charge < -0.3 is 0 Å². The zero-order chi connectivity index (χ0) is 10.1. The summed E-state index contributed by atoms with van der Waals surface area (Å²) in [6, 6.07) is 3.02. The zero-order valence-electron chi connectivity index (χ0n) is 7.90. The molecule has 1 aliphatic heterocycles. The van der Waals surface area contributed by atoms with Crippen LogP contribution < -0.4 is 4.90 Å². The Bertz CT molecular complexity index is 350. The van der Waals surface area contributed by atoms with E-state index in [0.717, 1.165) is 12.6 Å². The Hall–Kier alpha value is -1.45. The molecule has 0 bridgehead atoms. The van der Waals surface area contributed by atoms with E-state index >= 15 is 0 Å². The van der Waals surface area contributed by atoms with Gasteiger partial charge in [-0.3, -0.25) is 9.69 Å². The van der Waals surface area contributed by atoms with Gasteiger partial charge in [0.05, 0.1) is 6.20 Å². The Morgan fingerprint density at radius 3 is 2.86 bits per heavy atom. The Morgan fingerprint density at radius 2 is 2.36 bits per heavy atom. The Kier molecular flexibility index (Phi) is 2.19. The van der Waals surface area contributed by atoms with Gasteiger partial charge in [-0.05, 0) is 25.5 Å². The molecule has 1 aromatic rings. The standard InChI is InChI=1S/C10H11FN2O/c1-7-2-5-10(14)13(7)9-4-3-8(11)6-12-9/h3-4,6-7H,2,5H2,1H3. The molecule has 0 saturated carbocycles. The fourth-order valence-electron chi connectivity index (χ4n) is 1.69. The van der Waals surface area contributed by atoms with Crippen LogP contribution in [0.25, 0.3) is 0 Å². The third-order valence-corrected chi connectivity index (χ3v) is 2.44. The van der Waals surface area contributed by atoms with Crippen LogP contribution in [-0.4, -0.2) is 16.9 Å². The van der Waals surface area contributed by atoms with Gasteiger partial charge in [0.15, 0.2) is 0 Å². The van der Waals surface area contributed by atoms with Crippen LogP contribution in [0.2, 0.25) is 0 Å². The third-order valence-electron chi connectivity index (χ3n) is 2.44. The molecular weight excluding hydrogens is 183 g/mol. The molecule has 0 spiro atoms. The van der Waals surface area contributed by atoms with Crippen LogP contribution in [0.1, 0.15) is 19.8 Å². The molecule has 0 aliphatic carbocycles. The lowest BCUT2D eigenvalue weighted by Crippen LogP contribution is -2.31. The second-order valence-corrected chi connectivity index (χ2v) is 3.49. The minimum atomic E-state index is -0.381. The molecule has 1 aromatic heterocycles. The summed E-state index contributed by atoms with van der Waals surface area (Å²) >= 11 is 0. The van der Waals surface area contributed by atoms with Crippen molar-refractivity contribution in [3.05, 3.63) is 24.1 Å². The van der Waals surface area contributed by atoms with E-state index in [1.807, 2.05) is 6.92 Å². The highest BCUT2D eigenvalue weighted by atomic mass is 19.1. The smallest absolute Gasteiger partial charge is 0.228 e. The van der Waals surface area contributed by atoms with Gasteiger partial charge in [0.2, 0.25) is 5.91 Å². The van der Waals surface area contributed by atoms with Gasteiger partial charge in [0, 0.05) is 12.5 Å². The van der Waals surface area contributed by atoms with E-state index in [-0.39, 0.29) is 17.8 Å². The molecule has 4 heteroatoms. The lowest BCUT2D eigenvalue weighted by Gasteiger charge is -2.19. The highest BCUT2D eigenvalue weighted by Crippen LogP contribution is 2.24. The summed E-state index contributed by atoms with van der Waals surface area (Å²) in [6.45, 7) is 1.97. The van der Waals surface area contributed by atoms with Gasteiger partial charge in [0.25, 0.3) is 0 Å². The largest absolute Gasteiger partial charge is 0.294 e. The normalized spacial score (nSPS) is 21.7. The van der Waals surface area contributed by atoms with Crippen LogP contribution >= 0.6 is 0 Å². The van der Waals surface area contributed by atoms with Crippen LogP contribution in [0, 0.1) is 5.82 Å². The van der Waals surface area contributed by atoms with Crippen molar-refractivity contribution in [1.29, 1.82) is 0 Å². The van der Waals surface area contributed by atoms with Gasteiger partial charge in [-0.15, -0.1) is 0 Å². The first kappa shape index (κ1) is 9.12. The van der Waals surface area contributed by atoms with E-state index in [2.05, 4.69) is 4.98 Å². The molecule has 1 unspecified atom stereocenters. The lowest BCUT2D eigenvalue weighted by molar-refractivity contribution is -0.117. The molecule has 1 amide bonds. The summed E-state index contributed by atoms with van der Waals surface area (Å²) in [7, 11) is 0. The van der Waals surface area contributed by atoms with Gasteiger partial charge in [-0.1, -0.05) is 0 Å². The molecular formula is C10H11FN2O. The van der Waals surface area contributed by atoms with Crippen LogP contribution in [0.3, 0.4) is 0 Å². The monoisotopic (exact) mass is 194 g/mol. The van der Waals surface area contributed by atoms with E-state index in [0.29, 0.717) is 12.2 Å². The molecule has 3 nitrogen and oxygen atoms in total. The average Bonchev–Trinajstić information content (AvgIpc) is 2.49. The van der Waals surface area contributed by atoms with Crippen molar-refractivity contribution in [2.75, 3.05) is 4.90 Å². The molecule has 2 rings (SSSR count). The van der Waals surface area contributed by atoms with E-state index < -0.39 is 0 Å². The van der Waals surface area contributed by atoms with Crippen LogP contribution in [-0.2, 0) is 4.79 Å². The second kappa shape index (κ2) is 3.36. The number of hydrogen-bond acceptors (Lipinski definition) is 2. The quantitative estimate of drug-likeness (QED) is 0.682. The molecule has 14 heavy (non-hydrogen) atoms. The van der Waals surface area contributed by atoms with Gasteiger partial charge in [0.1, 0.15) is 11.6 Å². The van der Waals surface area contributed by atoms with Crippen molar-refractivity contribution in [1.82, 2.24) is 4.98 Å². The Labute approximate surface area is 81.6 Å². The highest BCUT2D eigenvalue weighted by Gasteiger charge is 2.29. The maximum absolute atomic E-state index is 12.6. The van der Waals surface area contributed by atoms with E-state index in [1.54, 1.807) is 4.90 Å². The van der Waals surface area contributed by atoms with Crippen molar-refractivity contribution in [2.24, 2.45) is 0 Å². The summed E-state index contributed by atoms with van der Waals surface area (Å²) in [5.74, 6) is 0.228. The number of rotatable bonds is 1. The second-order valence-electron chi connectivity index (χ2n) is 3.49. The fraction of sp³-hybridized carbons (Fsp3) is 0.400. The minimum absolute atomic E-state index is 0.0663. The van der Waals surface area contributed by atoms with Crippen molar-refractivity contribution in [3.8, 4) is 0 Å². The maximum Gasteiger partial charge on any atom is 0.228 e. The topological polar surface area (TPSA) is 33.2 Å². The van der Waals surface area contributed by atoms with Gasteiger partial charge in [-0.25, -0.2) is 9.37 Å². The third kappa shape index (κ3) is 1.47. The molecule has 0 aromatic carbocycles. The molecule has 1 aliphatic rings. The van der Waals surface area contributed by atoms with E-state index in [4.69, 9.17) is 0 Å².